The highest BCUT2D eigenvalue weighted by atomic mass is 127. The van der Waals surface area contributed by atoms with Gasteiger partial charge in [-0.2, -0.15) is 0 Å². The second-order valence-corrected chi connectivity index (χ2v) is 6.87. The van der Waals surface area contributed by atoms with Crippen molar-refractivity contribution in [3.05, 3.63) is 71.0 Å². The molecule has 1 aliphatic rings. The number of rotatable bonds is 7. The predicted molar refractivity (Wildman–Crippen MR) is 121 cm³/mol. The molecule has 5 nitrogen and oxygen atoms in total. The van der Waals surface area contributed by atoms with E-state index in [1.54, 1.807) is 18.2 Å². The van der Waals surface area contributed by atoms with Crippen LogP contribution in [0.5, 0.6) is 0 Å². The van der Waals surface area contributed by atoms with Crippen LogP contribution in [0.15, 0.2) is 53.5 Å². The number of primary amides is 1. The summed E-state index contributed by atoms with van der Waals surface area (Å²) >= 11 is 0. The molecule has 0 radical (unpaired) electrons. The van der Waals surface area contributed by atoms with Crippen LogP contribution in [-0.4, -0.2) is 25.0 Å². The fourth-order valence-corrected chi connectivity index (χ4v) is 3.12. The van der Waals surface area contributed by atoms with Crippen LogP contribution in [0, 0.1) is 5.82 Å². The summed E-state index contributed by atoms with van der Waals surface area (Å²) in [5, 5.41) is 6.57. The third kappa shape index (κ3) is 5.43. The maximum atomic E-state index is 14.2. The summed E-state index contributed by atoms with van der Waals surface area (Å²) in [6.45, 7) is 3.85. The van der Waals surface area contributed by atoms with E-state index in [0.717, 1.165) is 30.5 Å². The van der Waals surface area contributed by atoms with Crippen molar-refractivity contribution in [3.8, 4) is 0 Å². The Morgan fingerprint density at radius 1 is 1.14 bits per heavy atom. The minimum absolute atomic E-state index is 0. The summed E-state index contributed by atoms with van der Waals surface area (Å²) in [5.74, 6) is 0.107. The van der Waals surface area contributed by atoms with Crippen LogP contribution in [0.1, 0.15) is 41.3 Å². The number of hydrogen-bond acceptors (Lipinski definition) is 2. The second-order valence-electron chi connectivity index (χ2n) is 6.87. The van der Waals surface area contributed by atoms with E-state index < -0.39 is 5.91 Å². The minimum atomic E-state index is -0.442. The number of carbonyl (C=O) groups excluding carboxylic acids is 1. The molecule has 3 rings (SSSR count). The van der Waals surface area contributed by atoms with Crippen molar-refractivity contribution in [3.63, 3.8) is 0 Å². The van der Waals surface area contributed by atoms with Crippen LogP contribution in [0.25, 0.3) is 0 Å². The van der Waals surface area contributed by atoms with Crippen molar-refractivity contribution >= 4 is 35.8 Å². The molecular weight excluding hydrogens is 470 g/mol. The summed E-state index contributed by atoms with van der Waals surface area (Å²) in [7, 11) is 0. The molecule has 1 aliphatic carbocycles. The molecule has 1 saturated carbocycles. The zero-order valence-electron chi connectivity index (χ0n) is 15.9. The molecule has 0 aliphatic heterocycles. The molecule has 0 heterocycles. The van der Waals surface area contributed by atoms with E-state index in [-0.39, 0.29) is 35.2 Å². The molecule has 2 aromatic carbocycles. The largest absolute Gasteiger partial charge is 0.366 e. The molecule has 1 amide bonds. The van der Waals surface area contributed by atoms with Gasteiger partial charge in [0.15, 0.2) is 5.96 Å². The van der Waals surface area contributed by atoms with Crippen molar-refractivity contribution in [1.82, 2.24) is 10.6 Å². The number of guanidine groups is 1. The highest BCUT2D eigenvalue weighted by Gasteiger charge is 2.45. The Labute approximate surface area is 182 Å². The van der Waals surface area contributed by atoms with E-state index in [1.165, 1.54) is 6.07 Å². The number of nitrogens with one attached hydrogen (secondary N) is 2. The first-order valence-corrected chi connectivity index (χ1v) is 9.20. The van der Waals surface area contributed by atoms with Gasteiger partial charge in [-0.3, -0.25) is 4.79 Å². The number of carbonyl (C=O) groups is 1. The third-order valence-corrected chi connectivity index (χ3v) is 4.90. The SMILES string of the molecule is CCNC(=NCc1ccc(C(N)=O)cc1)NCC1(c2ccccc2F)CC1.I. The van der Waals surface area contributed by atoms with E-state index in [0.29, 0.717) is 24.6 Å². The molecule has 150 valence electrons. The monoisotopic (exact) mass is 496 g/mol. The fraction of sp³-hybridized carbons (Fsp3) is 0.333. The standard InChI is InChI=1S/C21H25FN4O.HI/c1-2-24-20(25-13-15-7-9-16(10-8-15)19(23)27)26-14-21(11-12-21)17-5-3-4-6-18(17)22;/h3-10H,2,11-14H2,1H3,(H2,23,27)(H2,24,25,26);1H. The van der Waals surface area contributed by atoms with Crippen LogP contribution in [0.3, 0.4) is 0 Å². The Kier molecular flexibility index (Phi) is 7.79. The quantitative estimate of drug-likeness (QED) is 0.313. The van der Waals surface area contributed by atoms with Crippen LogP contribution >= 0.6 is 24.0 Å². The number of nitrogens with two attached hydrogens (primary N) is 1. The van der Waals surface area contributed by atoms with Gasteiger partial charge < -0.3 is 16.4 Å². The summed E-state index contributed by atoms with van der Waals surface area (Å²) in [5.41, 5.74) is 7.34. The molecule has 7 heteroatoms. The lowest BCUT2D eigenvalue weighted by atomic mass is 9.95. The maximum Gasteiger partial charge on any atom is 0.248 e. The topological polar surface area (TPSA) is 79.5 Å². The van der Waals surface area contributed by atoms with E-state index in [2.05, 4.69) is 15.6 Å². The lowest BCUT2D eigenvalue weighted by molar-refractivity contribution is 0.100. The Morgan fingerprint density at radius 3 is 2.39 bits per heavy atom. The molecule has 0 bridgehead atoms. The first-order valence-electron chi connectivity index (χ1n) is 9.20. The van der Waals surface area contributed by atoms with Gasteiger partial charge in [-0.25, -0.2) is 9.38 Å². The molecule has 1 fully saturated rings. The highest BCUT2D eigenvalue weighted by Crippen LogP contribution is 2.48. The Bertz CT molecular complexity index is 835. The Balaban J connectivity index is 0.00000280. The third-order valence-electron chi connectivity index (χ3n) is 4.90. The van der Waals surface area contributed by atoms with Gasteiger partial charge >= 0.3 is 0 Å². The van der Waals surface area contributed by atoms with Gasteiger partial charge in [0.2, 0.25) is 5.91 Å². The minimum Gasteiger partial charge on any atom is -0.366 e. The number of amides is 1. The average Bonchev–Trinajstić information content (AvgIpc) is 3.45. The average molecular weight is 496 g/mol. The lowest BCUT2D eigenvalue weighted by Gasteiger charge is -2.19. The van der Waals surface area contributed by atoms with E-state index in [4.69, 9.17) is 5.73 Å². The zero-order valence-corrected chi connectivity index (χ0v) is 18.2. The molecule has 0 atom stereocenters. The van der Waals surface area contributed by atoms with Gasteiger partial charge in [-0.15, -0.1) is 24.0 Å². The number of aliphatic imine (C=N–C) groups is 1. The molecule has 28 heavy (non-hydrogen) atoms. The van der Waals surface area contributed by atoms with Gasteiger partial charge in [0.05, 0.1) is 6.54 Å². The molecule has 2 aromatic rings. The van der Waals surface area contributed by atoms with Gasteiger partial charge in [0, 0.05) is 24.1 Å². The Hall–Kier alpha value is -2.16. The van der Waals surface area contributed by atoms with Crippen LogP contribution in [0.2, 0.25) is 0 Å². The van der Waals surface area contributed by atoms with Crippen LogP contribution in [-0.2, 0) is 12.0 Å². The van der Waals surface area contributed by atoms with Crippen molar-refractivity contribution in [1.29, 1.82) is 0 Å². The number of hydrogen-bond donors (Lipinski definition) is 3. The highest BCUT2D eigenvalue weighted by molar-refractivity contribution is 14.0. The number of halogens is 2. The maximum absolute atomic E-state index is 14.2. The molecule has 4 N–H and O–H groups in total. The molecule has 0 unspecified atom stereocenters. The van der Waals surface area contributed by atoms with Crippen LogP contribution in [0.4, 0.5) is 4.39 Å². The van der Waals surface area contributed by atoms with Crippen molar-refractivity contribution in [2.75, 3.05) is 13.1 Å². The van der Waals surface area contributed by atoms with Crippen molar-refractivity contribution in [2.45, 2.75) is 31.7 Å². The van der Waals surface area contributed by atoms with Gasteiger partial charge in [0.25, 0.3) is 0 Å². The normalized spacial score (nSPS) is 14.7. The van der Waals surface area contributed by atoms with E-state index in [1.807, 2.05) is 31.2 Å². The predicted octanol–water partition coefficient (Wildman–Crippen LogP) is 3.33. The second kappa shape index (κ2) is 9.86. The molecule has 0 saturated heterocycles. The Morgan fingerprint density at radius 2 is 1.82 bits per heavy atom. The lowest BCUT2D eigenvalue weighted by Crippen LogP contribution is -2.41. The van der Waals surface area contributed by atoms with Crippen molar-refractivity contribution in [2.24, 2.45) is 10.7 Å². The first-order chi connectivity index (χ1) is 13.0. The van der Waals surface area contributed by atoms with Gasteiger partial charge in [0.1, 0.15) is 5.82 Å². The van der Waals surface area contributed by atoms with Gasteiger partial charge in [-0.05, 0) is 49.1 Å². The molecule has 0 spiro atoms. The number of benzene rings is 2. The smallest absolute Gasteiger partial charge is 0.248 e. The fourth-order valence-electron chi connectivity index (χ4n) is 3.12. The van der Waals surface area contributed by atoms with E-state index >= 15 is 0 Å². The molecule has 0 aromatic heterocycles. The summed E-state index contributed by atoms with van der Waals surface area (Å²) in [6, 6.07) is 14.1. The summed E-state index contributed by atoms with van der Waals surface area (Å²) in [4.78, 5) is 15.7. The summed E-state index contributed by atoms with van der Waals surface area (Å²) in [6.07, 6.45) is 1.93. The van der Waals surface area contributed by atoms with Crippen molar-refractivity contribution < 1.29 is 9.18 Å². The van der Waals surface area contributed by atoms with Gasteiger partial charge in [-0.1, -0.05) is 30.3 Å². The zero-order chi connectivity index (χ0) is 19.3. The van der Waals surface area contributed by atoms with E-state index in [9.17, 15) is 9.18 Å². The summed E-state index contributed by atoms with van der Waals surface area (Å²) < 4.78 is 14.2. The molecular formula is C21H26FIN4O. The van der Waals surface area contributed by atoms with Crippen LogP contribution < -0.4 is 16.4 Å². The number of nitrogens with zero attached hydrogens (tertiary/aromatic N) is 1. The first kappa shape index (κ1) is 22.1.